The molecule has 2 rings (SSSR count). The third-order valence-electron chi connectivity index (χ3n) is 2.88. The SMILES string of the molecule is CCc1cccc(OC(=O)CNC(=O)Cc2cccs2)c1. The molecule has 0 radical (unpaired) electrons. The van der Waals surface area contributed by atoms with Crippen molar-refractivity contribution >= 4 is 23.2 Å². The molecule has 4 nitrogen and oxygen atoms in total. The number of amides is 1. The molecule has 0 spiro atoms. The smallest absolute Gasteiger partial charge is 0.330 e. The molecule has 2 aromatic rings. The van der Waals surface area contributed by atoms with E-state index in [1.165, 1.54) is 11.3 Å². The van der Waals surface area contributed by atoms with Crippen molar-refractivity contribution in [1.29, 1.82) is 0 Å². The lowest BCUT2D eigenvalue weighted by atomic mass is 10.2. The van der Waals surface area contributed by atoms with Crippen LogP contribution < -0.4 is 10.1 Å². The lowest BCUT2D eigenvalue weighted by Gasteiger charge is -2.07. The van der Waals surface area contributed by atoms with Gasteiger partial charge in [-0.25, -0.2) is 4.79 Å². The molecule has 1 aromatic heterocycles. The Hall–Kier alpha value is -2.14. The van der Waals surface area contributed by atoms with Crippen LogP contribution in [0.25, 0.3) is 0 Å². The van der Waals surface area contributed by atoms with Gasteiger partial charge in [0.15, 0.2) is 0 Å². The van der Waals surface area contributed by atoms with Crippen molar-refractivity contribution in [2.45, 2.75) is 19.8 Å². The molecule has 1 heterocycles. The van der Waals surface area contributed by atoms with Crippen LogP contribution in [0, 0.1) is 0 Å². The zero-order valence-corrected chi connectivity index (χ0v) is 12.6. The maximum Gasteiger partial charge on any atom is 0.330 e. The topological polar surface area (TPSA) is 55.4 Å². The maximum atomic E-state index is 11.7. The first-order chi connectivity index (χ1) is 10.2. The molecule has 1 aromatic carbocycles. The minimum absolute atomic E-state index is 0.124. The molecule has 110 valence electrons. The molecule has 21 heavy (non-hydrogen) atoms. The molecule has 0 saturated carbocycles. The number of thiophene rings is 1. The number of carbonyl (C=O) groups excluding carboxylic acids is 2. The van der Waals surface area contributed by atoms with Crippen molar-refractivity contribution in [2.24, 2.45) is 0 Å². The van der Waals surface area contributed by atoms with E-state index in [4.69, 9.17) is 4.74 Å². The minimum Gasteiger partial charge on any atom is -0.425 e. The van der Waals surface area contributed by atoms with Crippen molar-refractivity contribution in [3.05, 3.63) is 52.2 Å². The van der Waals surface area contributed by atoms with Crippen LogP contribution in [0.2, 0.25) is 0 Å². The van der Waals surface area contributed by atoms with E-state index < -0.39 is 5.97 Å². The van der Waals surface area contributed by atoms with Gasteiger partial charge in [-0.05, 0) is 35.6 Å². The average Bonchev–Trinajstić information content (AvgIpc) is 2.98. The van der Waals surface area contributed by atoms with E-state index >= 15 is 0 Å². The Morgan fingerprint density at radius 1 is 1.24 bits per heavy atom. The number of esters is 1. The third kappa shape index (κ3) is 5.04. The highest BCUT2D eigenvalue weighted by Gasteiger charge is 2.09. The highest BCUT2D eigenvalue weighted by atomic mass is 32.1. The molecule has 1 N–H and O–H groups in total. The van der Waals surface area contributed by atoms with E-state index in [1.807, 2.05) is 42.6 Å². The third-order valence-corrected chi connectivity index (χ3v) is 3.76. The van der Waals surface area contributed by atoms with Crippen molar-refractivity contribution in [1.82, 2.24) is 5.32 Å². The lowest BCUT2D eigenvalue weighted by molar-refractivity contribution is -0.135. The fourth-order valence-corrected chi connectivity index (χ4v) is 2.50. The molecule has 0 aliphatic heterocycles. The van der Waals surface area contributed by atoms with Gasteiger partial charge in [-0.2, -0.15) is 0 Å². The largest absolute Gasteiger partial charge is 0.425 e. The molecule has 0 aliphatic rings. The summed E-state index contributed by atoms with van der Waals surface area (Å²) in [5.41, 5.74) is 1.10. The van der Waals surface area contributed by atoms with Crippen LogP contribution in [-0.4, -0.2) is 18.4 Å². The second-order valence-electron chi connectivity index (χ2n) is 4.51. The molecule has 0 fully saturated rings. The number of nitrogens with one attached hydrogen (secondary N) is 1. The molecule has 5 heteroatoms. The molecule has 0 saturated heterocycles. The normalized spacial score (nSPS) is 10.1. The van der Waals surface area contributed by atoms with Crippen LogP contribution in [0.5, 0.6) is 5.75 Å². The van der Waals surface area contributed by atoms with Gasteiger partial charge in [0.25, 0.3) is 0 Å². The number of hydrogen-bond donors (Lipinski definition) is 1. The van der Waals surface area contributed by atoms with Gasteiger partial charge < -0.3 is 10.1 Å². The predicted octanol–water partition coefficient (Wildman–Crippen LogP) is 2.57. The summed E-state index contributed by atoms with van der Waals surface area (Å²) >= 11 is 1.52. The summed E-state index contributed by atoms with van der Waals surface area (Å²) in [6.07, 6.45) is 1.17. The van der Waals surface area contributed by atoms with E-state index in [0.29, 0.717) is 5.75 Å². The number of ether oxygens (including phenoxy) is 1. The molecule has 1 amide bonds. The quantitative estimate of drug-likeness (QED) is 0.659. The highest BCUT2D eigenvalue weighted by Crippen LogP contribution is 2.13. The van der Waals surface area contributed by atoms with Crippen molar-refractivity contribution in [2.75, 3.05) is 6.54 Å². The zero-order chi connectivity index (χ0) is 15.1. The van der Waals surface area contributed by atoms with E-state index in [0.717, 1.165) is 16.9 Å². The zero-order valence-electron chi connectivity index (χ0n) is 11.8. The molecule has 0 atom stereocenters. The number of hydrogen-bond acceptors (Lipinski definition) is 4. The van der Waals surface area contributed by atoms with Gasteiger partial charge in [0.05, 0.1) is 6.42 Å². The summed E-state index contributed by atoms with van der Waals surface area (Å²) in [5.74, 6) is -0.147. The summed E-state index contributed by atoms with van der Waals surface area (Å²) in [5, 5.41) is 4.48. The maximum absolute atomic E-state index is 11.7. The van der Waals surface area contributed by atoms with Gasteiger partial charge in [0.1, 0.15) is 12.3 Å². The van der Waals surface area contributed by atoms with Crippen LogP contribution in [0.4, 0.5) is 0 Å². The number of aryl methyl sites for hydroxylation is 1. The highest BCUT2D eigenvalue weighted by molar-refractivity contribution is 7.10. The molecular weight excluding hydrogens is 286 g/mol. The second kappa shape index (κ2) is 7.59. The number of carbonyl (C=O) groups is 2. The Balaban J connectivity index is 1.77. The van der Waals surface area contributed by atoms with Crippen LogP contribution in [0.15, 0.2) is 41.8 Å². The van der Waals surface area contributed by atoms with E-state index in [2.05, 4.69) is 5.32 Å². The molecule has 0 unspecified atom stereocenters. The van der Waals surface area contributed by atoms with E-state index in [-0.39, 0.29) is 18.9 Å². The van der Waals surface area contributed by atoms with Gasteiger partial charge in [0.2, 0.25) is 5.91 Å². The summed E-state index contributed by atoms with van der Waals surface area (Å²) in [6, 6.07) is 11.1. The summed E-state index contributed by atoms with van der Waals surface area (Å²) in [7, 11) is 0. The van der Waals surface area contributed by atoms with Crippen molar-refractivity contribution < 1.29 is 14.3 Å². The Bertz CT molecular complexity index is 608. The Labute approximate surface area is 127 Å². The lowest BCUT2D eigenvalue weighted by Crippen LogP contribution is -2.32. The van der Waals surface area contributed by atoms with E-state index in [9.17, 15) is 9.59 Å². The van der Waals surface area contributed by atoms with Crippen LogP contribution >= 0.6 is 11.3 Å². The fraction of sp³-hybridized carbons (Fsp3) is 0.250. The molecule has 0 bridgehead atoms. The average molecular weight is 303 g/mol. The van der Waals surface area contributed by atoms with E-state index in [1.54, 1.807) is 6.07 Å². The minimum atomic E-state index is -0.470. The monoisotopic (exact) mass is 303 g/mol. The first-order valence-electron chi connectivity index (χ1n) is 6.76. The fourth-order valence-electron chi connectivity index (χ4n) is 1.80. The molecule has 0 aliphatic carbocycles. The Morgan fingerprint density at radius 3 is 2.81 bits per heavy atom. The summed E-state index contributed by atoms with van der Waals surface area (Å²) < 4.78 is 5.19. The predicted molar refractivity (Wildman–Crippen MR) is 82.5 cm³/mol. The van der Waals surface area contributed by atoms with Crippen LogP contribution in [0.1, 0.15) is 17.4 Å². The summed E-state index contributed by atoms with van der Waals surface area (Å²) in [6.45, 7) is 1.91. The van der Waals surface area contributed by atoms with Gasteiger partial charge >= 0.3 is 5.97 Å². The van der Waals surface area contributed by atoms with Crippen molar-refractivity contribution in [3.63, 3.8) is 0 Å². The van der Waals surface area contributed by atoms with Crippen LogP contribution in [0.3, 0.4) is 0 Å². The first-order valence-corrected chi connectivity index (χ1v) is 7.64. The summed E-state index contributed by atoms with van der Waals surface area (Å²) in [4.78, 5) is 24.3. The Morgan fingerprint density at radius 2 is 2.10 bits per heavy atom. The van der Waals surface area contributed by atoms with Crippen LogP contribution in [-0.2, 0) is 22.4 Å². The van der Waals surface area contributed by atoms with Gasteiger partial charge in [-0.1, -0.05) is 25.1 Å². The van der Waals surface area contributed by atoms with Crippen molar-refractivity contribution in [3.8, 4) is 5.75 Å². The molecular formula is C16H17NO3S. The Kier molecular flexibility index (Phi) is 5.51. The second-order valence-corrected chi connectivity index (χ2v) is 5.54. The standard InChI is InChI=1S/C16H17NO3S/c1-2-12-5-3-6-13(9-12)20-16(19)11-17-15(18)10-14-7-4-8-21-14/h3-9H,2,10-11H2,1H3,(H,17,18). The van der Waals surface area contributed by atoms with Gasteiger partial charge in [-0.3, -0.25) is 4.79 Å². The number of benzene rings is 1. The number of rotatable bonds is 6. The van der Waals surface area contributed by atoms with Gasteiger partial charge in [0, 0.05) is 4.88 Å². The van der Waals surface area contributed by atoms with Gasteiger partial charge in [-0.15, -0.1) is 11.3 Å². The first kappa shape index (κ1) is 15.3.